The molecule has 1 atom stereocenters. The third-order valence-corrected chi connectivity index (χ3v) is 2.44. The third-order valence-electron chi connectivity index (χ3n) is 2.44. The minimum atomic E-state index is 0.332. The Labute approximate surface area is 76.5 Å². The zero-order chi connectivity index (χ0) is 9.40. The molecule has 0 aliphatic carbocycles. The van der Waals surface area contributed by atoms with Crippen molar-refractivity contribution in [1.82, 2.24) is 0 Å². The van der Waals surface area contributed by atoms with Gasteiger partial charge in [-0.15, -0.1) is 0 Å². The fourth-order valence-electron chi connectivity index (χ4n) is 1.32. The van der Waals surface area contributed by atoms with E-state index >= 15 is 0 Å². The van der Waals surface area contributed by atoms with Crippen LogP contribution in [-0.2, 0) is 0 Å². The predicted molar refractivity (Wildman–Crippen MR) is 54.1 cm³/mol. The maximum Gasteiger partial charge on any atom is 0.0433 e. The number of rotatable bonds is 6. The molecule has 1 heteroatoms. The Morgan fingerprint density at radius 3 is 2.50 bits per heavy atom. The van der Waals surface area contributed by atoms with Crippen LogP contribution in [0.5, 0.6) is 0 Å². The van der Waals surface area contributed by atoms with E-state index in [2.05, 4.69) is 26.8 Å². The van der Waals surface area contributed by atoms with Gasteiger partial charge in [-0.2, -0.15) is 0 Å². The molecule has 0 saturated carbocycles. The molecule has 0 aromatic heterocycles. The van der Waals surface area contributed by atoms with Crippen molar-refractivity contribution >= 4 is 0 Å². The van der Waals surface area contributed by atoms with Crippen molar-refractivity contribution in [2.24, 2.45) is 5.92 Å². The summed E-state index contributed by atoms with van der Waals surface area (Å²) in [6, 6.07) is 0. The van der Waals surface area contributed by atoms with Crippen molar-refractivity contribution < 1.29 is 5.11 Å². The highest BCUT2D eigenvalue weighted by molar-refractivity contribution is 4.98. The molecule has 0 aliphatic heterocycles. The number of hydrogen-bond acceptors (Lipinski definition) is 1. The van der Waals surface area contributed by atoms with Crippen LogP contribution < -0.4 is 0 Å². The van der Waals surface area contributed by atoms with Gasteiger partial charge in [0.05, 0.1) is 0 Å². The first kappa shape index (κ1) is 11.7. The Hall–Kier alpha value is -0.300. The van der Waals surface area contributed by atoms with E-state index in [0.717, 1.165) is 6.42 Å². The highest BCUT2D eigenvalue weighted by atomic mass is 16.2. The van der Waals surface area contributed by atoms with Gasteiger partial charge in [0, 0.05) is 6.61 Å². The van der Waals surface area contributed by atoms with Crippen LogP contribution in [0, 0.1) is 5.92 Å². The first-order chi connectivity index (χ1) is 5.74. The molecule has 0 heterocycles. The first-order valence-electron chi connectivity index (χ1n) is 4.99. The average Bonchev–Trinajstić information content (AvgIpc) is 2.07. The van der Waals surface area contributed by atoms with Crippen molar-refractivity contribution in [3.05, 3.63) is 11.6 Å². The van der Waals surface area contributed by atoms with Gasteiger partial charge in [0.1, 0.15) is 0 Å². The standard InChI is InChI=1S/C11H22O/c1-4-11(5-2)7-6-10(3)8-9-12/h4,10,12H,5-9H2,1-3H3/b11-4+. The summed E-state index contributed by atoms with van der Waals surface area (Å²) in [5.41, 5.74) is 1.54. The summed E-state index contributed by atoms with van der Waals surface area (Å²) in [5.74, 6) is 0.663. The topological polar surface area (TPSA) is 20.2 Å². The molecule has 72 valence electrons. The maximum absolute atomic E-state index is 8.70. The molecule has 0 spiro atoms. The molecular weight excluding hydrogens is 148 g/mol. The van der Waals surface area contributed by atoms with Crippen LogP contribution >= 0.6 is 0 Å². The molecule has 0 amide bonds. The van der Waals surface area contributed by atoms with Crippen LogP contribution in [0.4, 0.5) is 0 Å². The van der Waals surface area contributed by atoms with Gasteiger partial charge in [0.15, 0.2) is 0 Å². The summed E-state index contributed by atoms with van der Waals surface area (Å²) in [6.07, 6.45) is 6.75. The number of hydrogen-bond donors (Lipinski definition) is 1. The zero-order valence-electron chi connectivity index (χ0n) is 8.64. The van der Waals surface area contributed by atoms with Gasteiger partial charge in [0.25, 0.3) is 0 Å². The van der Waals surface area contributed by atoms with Crippen molar-refractivity contribution in [3.8, 4) is 0 Å². The molecule has 0 aromatic rings. The van der Waals surface area contributed by atoms with Crippen LogP contribution in [0.1, 0.15) is 46.5 Å². The van der Waals surface area contributed by atoms with E-state index in [0.29, 0.717) is 12.5 Å². The Balaban J connectivity index is 3.52. The normalized spacial score (nSPS) is 14.8. The SMILES string of the molecule is C/C=C(\CC)CCC(C)CCO. The lowest BCUT2D eigenvalue weighted by molar-refractivity contribution is 0.258. The van der Waals surface area contributed by atoms with E-state index in [9.17, 15) is 0 Å². The van der Waals surface area contributed by atoms with E-state index in [1.54, 1.807) is 5.57 Å². The Morgan fingerprint density at radius 1 is 1.42 bits per heavy atom. The molecule has 1 unspecified atom stereocenters. The second-order valence-electron chi connectivity index (χ2n) is 3.46. The Morgan fingerprint density at radius 2 is 2.08 bits per heavy atom. The highest BCUT2D eigenvalue weighted by Crippen LogP contribution is 2.16. The second kappa shape index (κ2) is 7.35. The van der Waals surface area contributed by atoms with E-state index < -0.39 is 0 Å². The predicted octanol–water partition coefficient (Wildman–Crippen LogP) is 3.14. The molecule has 1 N–H and O–H groups in total. The van der Waals surface area contributed by atoms with Crippen molar-refractivity contribution in [3.63, 3.8) is 0 Å². The molecule has 0 radical (unpaired) electrons. The van der Waals surface area contributed by atoms with Crippen LogP contribution in [0.2, 0.25) is 0 Å². The zero-order valence-corrected chi connectivity index (χ0v) is 8.64. The highest BCUT2D eigenvalue weighted by Gasteiger charge is 2.01. The minimum Gasteiger partial charge on any atom is -0.396 e. The van der Waals surface area contributed by atoms with Gasteiger partial charge in [-0.3, -0.25) is 0 Å². The van der Waals surface area contributed by atoms with Gasteiger partial charge in [-0.1, -0.05) is 25.5 Å². The van der Waals surface area contributed by atoms with Gasteiger partial charge >= 0.3 is 0 Å². The summed E-state index contributed by atoms with van der Waals surface area (Å²) in [7, 11) is 0. The van der Waals surface area contributed by atoms with Crippen molar-refractivity contribution in [1.29, 1.82) is 0 Å². The molecule has 0 saturated heterocycles. The summed E-state index contributed by atoms with van der Waals surface area (Å²) in [5, 5.41) is 8.70. The first-order valence-corrected chi connectivity index (χ1v) is 4.99. The molecule has 0 fully saturated rings. The second-order valence-corrected chi connectivity index (χ2v) is 3.46. The number of aliphatic hydroxyl groups excluding tert-OH is 1. The van der Waals surface area contributed by atoms with Crippen LogP contribution in [-0.4, -0.2) is 11.7 Å². The van der Waals surface area contributed by atoms with E-state index in [1.165, 1.54) is 19.3 Å². The number of allylic oxidation sites excluding steroid dienone is 2. The molecule has 0 bridgehead atoms. The molecule has 0 aromatic carbocycles. The molecule has 0 rings (SSSR count). The van der Waals surface area contributed by atoms with Crippen LogP contribution in [0.3, 0.4) is 0 Å². The summed E-state index contributed by atoms with van der Waals surface area (Å²) < 4.78 is 0. The summed E-state index contributed by atoms with van der Waals surface area (Å²) in [4.78, 5) is 0. The largest absolute Gasteiger partial charge is 0.396 e. The van der Waals surface area contributed by atoms with Crippen LogP contribution in [0.15, 0.2) is 11.6 Å². The van der Waals surface area contributed by atoms with E-state index in [1.807, 2.05) is 0 Å². The Bertz CT molecular complexity index is 127. The molecule has 1 nitrogen and oxygen atoms in total. The lowest BCUT2D eigenvalue weighted by Crippen LogP contribution is -1.98. The van der Waals surface area contributed by atoms with Gasteiger partial charge in [-0.05, 0) is 38.5 Å². The molecular formula is C11H22O. The number of aliphatic hydroxyl groups is 1. The third kappa shape index (κ3) is 5.36. The van der Waals surface area contributed by atoms with Crippen LogP contribution in [0.25, 0.3) is 0 Å². The molecule has 12 heavy (non-hydrogen) atoms. The van der Waals surface area contributed by atoms with Gasteiger partial charge < -0.3 is 5.11 Å². The lowest BCUT2D eigenvalue weighted by Gasteiger charge is -2.10. The van der Waals surface area contributed by atoms with Crippen molar-refractivity contribution in [2.45, 2.75) is 46.5 Å². The average molecular weight is 170 g/mol. The Kier molecular flexibility index (Phi) is 7.17. The van der Waals surface area contributed by atoms with E-state index in [4.69, 9.17) is 5.11 Å². The fourth-order valence-corrected chi connectivity index (χ4v) is 1.32. The smallest absolute Gasteiger partial charge is 0.0433 e. The summed E-state index contributed by atoms with van der Waals surface area (Å²) in [6.45, 7) is 6.85. The minimum absolute atomic E-state index is 0.332. The maximum atomic E-state index is 8.70. The fraction of sp³-hybridized carbons (Fsp3) is 0.818. The lowest BCUT2D eigenvalue weighted by atomic mass is 9.97. The van der Waals surface area contributed by atoms with E-state index in [-0.39, 0.29) is 0 Å². The monoisotopic (exact) mass is 170 g/mol. The quantitative estimate of drug-likeness (QED) is 0.607. The van der Waals surface area contributed by atoms with Gasteiger partial charge in [-0.25, -0.2) is 0 Å². The van der Waals surface area contributed by atoms with Crippen molar-refractivity contribution in [2.75, 3.05) is 6.61 Å². The molecule has 0 aliphatic rings. The summed E-state index contributed by atoms with van der Waals surface area (Å²) >= 11 is 0. The van der Waals surface area contributed by atoms with Gasteiger partial charge in [0.2, 0.25) is 0 Å².